The van der Waals surface area contributed by atoms with Crippen LogP contribution in [0.25, 0.3) is 0 Å². The Balaban J connectivity index is 1.72. The molecule has 24 heavy (non-hydrogen) atoms. The summed E-state index contributed by atoms with van der Waals surface area (Å²) in [6.45, 7) is 3.99. The first-order chi connectivity index (χ1) is 11.4. The molecule has 2 heterocycles. The van der Waals surface area contributed by atoms with Gasteiger partial charge in [0.05, 0.1) is 11.3 Å². The van der Waals surface area contributed by atoms with Gasteiger partial charge in [0.15, 0.2) is 0 Å². The molecule has 128 valence electrons. The molecule has 9 heteroatoms. The third kappa shape index (κ3) is 3.62. The van der Waals surface area contributed by atoms with Gasteiger partial charge in [-0.2, -0.15) is 0 Å². The third-order valence-electron chi connectivity index (χ3n) is 3.92. The van der Waals surface area contributed by atoms with E-state index in [1.807, 2.05) is 0 Å². The van der Waals surface area contributed by atoms with Crippen LogP contribution in [0.3, 0.4) is 0 Å². The zero-order valence-corrected chi connectivity index (χ0v) is 15.1. The number of nitrogens with zero attached hydrogens (tertiary/aromatic N) is 2. The van der Waals surface area contributed by atoms with Gasteiger partial charge in [-0.05, 0) is 37.7 Å². The minimum absolute atomic E-state index is 0.175. The Bertz CT molecular complexity index is 783. The highest BCUT2D eigenvalue weighted by Crippen LogP contribution is 2.39. The molecule has 2 aromatic heterocycles. The van der Waals surface area contributed by atoms with Crippen molar-refractivity contribution in [1.29, 1.82) is 0 Å². The smallest absolute Gasteiger partial charge is 0.251 e. The number of hydrogen-bond donors (Lipinski definition) is 3. The number of thioether (sulfide) groups is 1. The Morgan fingerprint density at radius 3 is 2.96 bits per heavy atom. The topological polar surface area (TPSA) is 114 Å². The predicted octanol–water partition coefficient (Wildman–Crippen LogP) is 2.13. The standard InChI is InChI=1S/C15H19N5O2S2/c1-7-3-4-9-10(5-7)24-14(12(9)13(16)22)18-11(21)6-23-15-17-8(2)19-20-15/h7H,3-6H2,1-2H3,(H2,16,22)(H,18,21)(H,17,19,20). The fourth-order valence-electron chi connectivity index (χ4n) is 2.78. The molecule has 0 fully saturated rings. The molecule has 1 aliphatic rings. The molecule has 2 aromatic rings. The number of aromatic amines is 1. The average Bonchev–Trinajstić information content (AvgIpc) is 3.07. The van der Waals surface area contributed by atoms with Crippen LogP contribution in [0.15, 0.2) is 5.16 Å². The molecule has 4 N–H and O–H groups in total. The van der Waals surface area contributed by atoms with Gasteiger partial charge in [0.25, 0.3) is 5.91 Å². The fraction of sp³-hybridized carbons (Fsp3) is 0.467. The Hall–Kier alpha value is -1.87. The van der Waals surface area contributed by atoms with Crippen molar-refractivity contribution in [3.05, 3.63) is 21.8 Å². The molecule has 7 nitrogen and oxygen atoms in total. The molecule has 0 bridgehead atoms. The number of aromatic nitrogens is 3. The molecule has 1 unspecified atom stereocenters. The first-order valence-electron chi connectivity index (χ1n) is 7.70. The van der Waals surface area contributed by atoms with E-state index in [9.17, 15) is 9.59 Å². The van der Waals surface area contributed by atoms with Gasteiger partial charge < -0.3 is 11.1 Å². The normalized spacial score (nSPS) is 16.7. The first kappa shape index (κ1) is 17.0. The number of fused-ring (bicyclic) bond motifs is 1. The first-order valence-corrected chi connectivity index (χ1v) is 9.50. The SMILES string of the molecule is Cc1nc(SCC(=O)Nc2sc3c(c2C(N)=O)CCC(C)C3)n[nH]1. The second kappa shape index (κ2) is 6.94. The van der Waals surface area contributed by atoms with E-state index >= 15 is 0 Å². The van der Waals surface area contributed by atoms with Crippen LogP contribution in [-0.2, 0) is 17.6 Å². The number of primary amides is 1. The molecule has 0 saturated carbocycles. The summed E-state index contributed by atoms with van der Waals surface area (Å²) in [6.07, 6.45) is 2.81. The molecule has 0 saturated heterocycles. The number of hydrogen-bond acceptors (Lipinski definition) is 6. The van der Waals surface area contributed by atoms with Crippen molar-refractivity contribution < 1.29 is 9.59 Å². The van der Waals surface area contributed by atoms with Gasteiger partial charge in [0.2, 0.25) is 11.1 Å². The van der Waals surface area contributed by atoms with Crippen LogP contribution in [0.2, 0.25) is 0 Å². The molecule has 2 amide bonds. The van der Waals surface area contributed by atoms with E-state index in [0.717, 1.165) is 29.7 Å². The molecular weight excluding hydrogens is 346 g/mol. The summed E-state index contributed by atoms with van der Waals surface area (Å²) in [5.74, 6) is 0.791. The van der Waals surface area contributed by atoms with Crippen LogP contribution in [-0.4, -0.2) is 32.7 Å². The quantitative estimate of drug-likeness (QED) is 0.702. The second-order valence-electron chi connectivity index (χ2n) is 5.96. The molecular formula is C15H19N5O2S2. The summed E-state index contributed by atoms with van der Waals surface area (Å²) in [6, 6.07) is 0. The Morgan fingerprint density at radius 2 is 2.29 bits per heavy atom. The number of carbonyl (C=O) groups excluding carboxylic acids is 2. The van der Waals surface area contributed by atoms with Crippen molar-refractivity contribution in [2.45, 2.75) is 38.3 Å². The van der Waals surface area contributed by atoms with Gasteiger partial charge in [0, 0.05) is 4.88 Å². The Labute approximate surface area is 147 Å². The van der Waals surface area contributed by atoms with Gasteiger partial charge in [-0.15, -0.1) is 16.4 Å². The van der Waals surface area contributed by atoms with E-state index in [2.05, 4.69) is 27.4 Å². The average molecular weight is 365 g/mol. The molecule has 0 aliphatic heterocycles. The largest absolute Gasteiger partial charge is 0.365 e. The number of H-pyrrole nitrogens is 1. The number of aryl methyl sites for hydroxylation is 1. The van der Waals surface area contributed by atoms with Gasteiger partial charge in [-0.3, -0.25) is 14.7 Å². The monoisotopic (exact) mass is 365 g/mol. The van der Waals surface area contributed by atoms with Crippen LogP contribution >= 0.6 is 23.1 Å². The van der Waals surface area contributed by atoms with E-state index in [1.54, 1.807) is 6.92 Å². The third-order valence-corrected chi connectivity index (χ3v) is 5.94. The van der Waals surface area contributed by atoms with Crippen molar-refractivity contribution in [2.24, 2.45) is 11.7 Å². The van der Waals surface area contributed by atoms with Gasteiger partial charge in [-0.25, -0.2) is 4.98 Å². The molecule has 1 atom stereocenters. The highest BCUT2D eigenvalue weighted by atomic mass is 32.2. The number of anilines is 1. The van der Waals surface area contributed by atoms with E-state index in [-0.39, 0.29) is 11.7 Å². The summed E-state index contributed by atoms with van der Waals surface area (Å²) >= 11 is 2.71. The van der Waals surface area contributed by atoms with Crippen LogP contribution in [0.1, 0.15) is 40.0 Å². The number of thiophene rings is 1. The maximum Gasteiger partial charge on any atom is 0.251 e. The lowest BCUT2D eigenvalue weighted by Gasteiger charge is -2.18. The van der Waals surface area contributed by atoms with Crippen molar-refractivity contribution in [3.8, 4) is 0 Å². The van der Waals surface area contributed by atoms with Crippen molar-refractivity contribution in [1.82, 2.24) is 15.2 Å². The Morgan fingerprint density at radius 1 is 1.50 bits per heavy atom. The highest BCUT2D eigenvalue weighted by molar-refractivity contribution is 7.99. The molecule has 3 rings (SSSR count). The minimum Gasteiger partial charge on any atom is -0.365 e. The minimum atomic E-state index is -0.477. The zero-order valence-electron chi connectivity index (χ0n) is 13.5. The van der Waals surface area contributed by atoms with E-state index in [4.69, 9.17) is 5.73 Å². The molecule has 0 radical (unpaired) electrons. The van der Waals surface area contributed by atoms with Crippen molar-refractivity contribution in [3.63, 3.8) is 0 Å². The maximum absolute atomic E-state index is 12.2. The summed E-state index contributed by atoms with van der Waals surface area (Å²) in [5.41, 5.74) is 7.04. The second-order valence-corrected chi connectivity index (χ2v) is 8.01. The summed E-state index contributed by atoms with van der Waals surface area (Å²) < 4.78 is 0. The number of nitrogens with one attached hydrogen (secondary N) is 2. The number of carbonyl (C=O) groups is 2. The van der Waals surface area contributed by atoms with Crippen LogP contribution in [0.4, 0.5) is 5.00 Å². The van der Waals surface area contributed by atoms with Crippen LogP contribution in [0, 0.1) is 12.8 Å². The predicted molar refractivity (Wildman–Crippen MR) is 94.5 cm³/mol. The van der Waals surface area contributed by atoms with Crippen molar-refractivity contribution >= 4 is 39.9 Å². The fourth-order valence-corrected chi connectivity index (χ4v) is 4.86. The lowest BCUT2D eigenvalue weighted by molar-refractivity contribution is -0.113. The Kier molecular flexibility index (Phi) is 4.91. The van der Waals surface area contributed by atoms with Gasteiger partial charge in [-0.1, -0.05) is 18.7 Å². The van der Waals surface area contributed by atoms with Gasteiger partial charge >= 0.3 is 0 Å². The molecule has 0 aromatic carbocycles. The number of nitrogens with two attached hydrogens (primary N) is 1. The van der Waals surface area contributed by atoms with E-state index in [0.29, 0.717) is 27.5 Å². The molecule has 1 aliphatic carbocycles. The number of amides is 2. The van der Waals surface area contributed by atoms with E-state index in [1.165, 1.54) is 23.1 Å². The van der Waals surface area contributed by atoms with Crippen molar-refractivity contribution in [2.75, 3.05) is 11.1 Å². The number of rotatable bonds is 5. The summed E-state index contributed by atoms with van der Waals surface area (Å²) in [7, 11) is 0. The lowest BCUT2D eigenvalue weighted by Crippen LogP contribution is -2.20. The maximum atomic E-state index is 12.2. The highest BCUT2D eigenvalue weighted by Gasteiger charge is 2.27. The lowest BCUT2D eigenvalue weighted by atomic mass is 9.88. The summed E-state index contributed by atoms with van der Waals surface area (Å²) in [5, 5.41) is 10.6. The van der Waals surface area contributed by atoms with Crippen LogP contribution < -0.4 is 11.1 Å². The zero-order chi connectivity index (χ0) is 17.3. The van der Waals surface area contributed by atoms with E-state index < -0.39 is 5.91 Å². The molecule has 0 spiro atoms. The van der Waals surface area contributed by atoms with Crippen LogP contribution in [0.5, 0.6) is 0 Å². The summed E-state index contributed by atoms with van der Waals surface area (Å²) in [4.78, 5) is 29.4. The van der Waals surface area contributed by atoms with Gasteiger partial charge in [0.1, 0.15) is 10.8 Å².